The first-order valence-corrected chi connectivity index (χ1v) is 3.06. The average molecular weight is 145 g/mol. The van der Waals surface area contributed by atoms with Gasteiger partial charge in [0.05, 0.1) is 0 Å². The van der Waals surface area contributed by atoms with Crippen molar-refractivity contribution in [3.63, 3.8) is 0 Å². The fourth-order valence-electron chi connectivity index (χ4n) is 0. The van der Waals surface area contributed by atoms with Crippen molar-refractivity contribution in [2.75, 3.05) is 0 Å². The highest BCUT2D eigenvalue weighted by molar-refractivity contribution is 7.27. The minimum Gasteiger partial charge on any atom is -0.0988 e. The number of hydrogen-bond acceptors (Lipinski definition) is 0. The molecule has 1 unspecified atom stereocenters. The Labute approximate surface area is 50.4 Å². The number of hydrogen-bond donors (Lipinski definition) is 0. The summed E-state index contributed by atoms with van der Waals surface area (Å²) in [4.78, 5) is 0. The maximum absolute atomic E-state index is 5.45. The van der Waals surface area contributed by atoms with Crippen molar-refractivity contribution >= 4 is 32.4 Å². The van der Waals surface area contributed by atoms with Gasteiger partial charge in [0.15, 0.2) is 0 Å². The third-order valence-electron chi connectivity index (χ3n) is 0.471. The van der Waals surface area contributed by atoms with E-state index in [1.165, 1.54) is 0 Å². The quantitative estimate of drug-likeness (QED) is 0.392. The molecule has 0 nitrogen and oxygen atoms in total. The molecule has 0 saturated carbocycles. The summed E-state index contributed by atoms with van der Waals surface area (Å²) in [5.74, 6) is 0. The van der Waals surface area contributed by atoms with Crippen LogP contribution in [0.15, 0.2) is 0 Å². The molecule has 0 aliphatic heterocycles. The number of rotatable bonds is 1. The molecule has 0 spiro atoms. The molecule has 0 aromatic heterocycles. The maximum atomic E-state index is 5.45. The Morgan fingerprint density at radius 1 is 1.67 bits per heavy atom. The van der Waals surface area contributed by atoms with Gasteiger partial charge in [-0.25, -0.2) is 0 Å². The summed E-state index contributed by atoms with van der Waals surface area (Å²) in [5.41, 5.74) is 0. The molecule has 0 aromatic carbocycles. The third-order valence-corrected chi connectivity index (χ3v) is 1.41. The van der Waals surface area contributed by atoms with E-state index in [-0.39, 0.29) is 0 Å². The van der Waals surface area contributed by atoms with Crippen LogP contribution in [0.5, 0.6) is 0 Å². The van der Waals surface area contributed by atoms with E-state index in [2.05, 4.69) is 9.24 Å². The first-order valence-electron chi connectivity index (χ1n) is 1.73. The molecule has 0 amide bonds. The fourth-order valence-corrected chi connectivity index (χ4v) is 0. The maximum Gasteiger partial charge on any atom is 0.130 e. The molecule has 0 aliphatic carbocycles. The van der Waals surface area contributed by atoms with Crippen molar-refractivity contribution in [2.24, 2.45) is 0 Å². The van der Waals surface area contributed by atoms with Gasteiger partial charge in [-0.2, -0.15) is 0 Å². The van der Waals surface area contributed by atoms with Crippen LogP contribution in [-0.2, 0) is 0 Å². The van der Waals surface area contributed by atoms with E-state index < -0.39 is 4.07 Å². The second-order valence-electron chi connectivity index (χ2n) is 1.11. The summed E-state index contributed by atoms with van der Waals surface area (Å²) < 4.78 is -0.597. The first kappa shape index (κ1) is 7.01. The van der Waals surface area contributed by atoms with Gasteiger partial charge in [0.1, 0.15) is 4.07 Å². The first-order chi connectivity index (χ1) is 2.56. The van der Waals surface area contributed by atoms with Crippen molar-refractivity contribution in [1.82, 2.24) is 0 Å². The van der Waals surface area contributed by atoms with Crippen LogP contribution >= 0.6 is 32.4 Å². The van der Waals surface area contributed by atoms with E-state index in [9.17, 15) is 0 Å². The molecule has 0 fully saturated rings. The predicted molar refractivity (Wildman–Crippen MR) is 34.4 cm³/mol. The van der Waals surface area contributed by atoms with Crippen molar-refractivity contribution in [1.29, 1.82) is 0 Å². The van der Waals surface area contributed by atoms with Crippen molar-refractivity contribution in [3.8, 4) is 0 Å². The highest BCUT2D eigenvalue weighted by atomic mass is 35.5. The van der Waals surface area contributed by atoms with Gasteiger partial charge in [-0.1, -0.05) is 39.4 Å². The lowest BCUT2D eigenvalue weighted by atomic mass is 10.6. The van der Waals surface area contributed by atoms with Crippen LogP contribution in [-0.4, -0.2) is 4.07 Å². The summed E-state index contributed by atoms with van der Waals surface area (Å²) in [6.07, 6.45) is 0.765. The molecule has 0 bridgehead atoms. The summed E-state index contributed by atoms with van der Waals surface area (Å²) >= 11 is 10.9. The Balaban J connectivity index is 3.17. The van der Waals surface area contributed by atoms with E-state index in [4.69, 9.17) is 23.2 Å². The molecule has 0 heterocycles. The third kappa shape index (κ3) is 5.01. The number of alkyl halides is 2. The van der Waals surface area contributed by atoms with E-state index in [1.54, 1.807) is 0 Å². The summed E-state index contributed by atoms with van der Waals surface area (Å²) in [6.45, 7) is 1.92. The highest BCUT2D eigenvalue weighted by Crippen LogP contribution is 2.31. The zero-order valence-electron chi connectivity index (χ0n) is 3.54. The summed E-state index contributed by atoms with van der Waals surface area (Å²) in [5, 5.41) is 0. The SMILES string of the molecule is CCC(P)(Cl)Cl. The lowest BCUT2D eigenvalue weighted by Crippen LogP contribution is -1.94. The molecule has 1 atom stereocenters. The number of halogens is 2. The predicted octanol–water partition coefficient (Wildman–Crippen LogP) is 2.40. The summed E-state index contributed by atoms with van der Waals surface area (Å²) in [7, 11) is 2.32. The molecule has 0 aromatic rings. The lowest BCUT2D eigenvalue weighted by Gasteiger charge is -2.05. The molecule has 0 saturated heterocycles. The van der Waals surface area contributed by atoms with Crippen LogP contribution in [0.1, 0.15) is 13.3 Å². The Morgan fingerprint density at radius 2 is 1.83 bits per heavy atom. The van der Waals surface area contributed by atoms with Gasteiger partial charge in [0, 0.05) is 0 Å². The molecule has 0 radical (unpaired) electrons. The van der Waals surface area contributed by atoms with Crippen molar-refractivity contribution < 1.29 is 0 Å². The molecule has 0 aliphatic rings. The van der Waals surface area contributed by atoms with Crippen LogP contribution in [0.25, 0.3) is 0 Å². The minimum absolute atomic E-state index is 0.597. The van der Waals surface area contributed by atoms with Gasteiger partial charge in [-0.15, -0.1) is 0 Å². The topological polar surface area (TPSA) is 0 Å². The van der Waals surface area contributed by atoms with E-state index >= 15 is 0 Å². The fraction of sp³-hybridized carbons (Fsp3) is 1.00. The van der Waals surface area contributed by atoms with E-state index in [0.29, 0.717) is 0 Å². The van der Waals surface area contributed by atoms with Gasteiger partial charge >= 0.3 is 0 Å². The van der Waals surface area contributed by atoms with Gasteiger partial charge in [0.2, 0.25) is 0 Å². The van der Waals surface area contributed by atoms with Crippen LogP contribution in [0.4, 0.5) is 0 Å². The zero-order valence-corrected chi connectivity index (χ0v) is 6.21. The molecule has 0 N–H and O–H groups in total. The molecular formula is C3H7Cl2P. The van der Waals surface area contributed by atoms with Gasteiger partial charge in [-0.3, -0.25) is 0 Å². The highest BCUT2D eigenvalue weighted by Gasteiger charge is 2.10. The molecule has 38 valence electrons. The van der Waals surface area contributed by atoms with Gasteiger partial charge in [-0.05, 0) is 6.42 Å². The van der Waals surface area contributed by atoms with Crippen LogP contribution in [0.2, 0.25) is 0 Å². The summed E-state index contributed by atoms with van der Waals surface area (Å²) in [6, 6.07) is 0. The molecule has 3 heteroatoms. The molecule has 0 rings (SSSR count). The second-order valence-corrected chi connectivity index (χ2v) is 4.37. The second kappa shape index (κ2) is 2.35. The van der Waals surface area contributed by atoms with Gasteiger partial charge < -0.3 is 0 Å². The van der Waals surface area contributed by atoms with Crippen LogP contribution in [0.3, 0.4) is 0 Å². The van der Waals surface area contributed by atoms with Crippen molar-refractivity contribution in [3.05, 3.63) is 0 Å². The minimum atomic E-state index is -0.597. The standard InChI is InChI=1S/C3H7Cl2P/c1-2-3(4,5)6/h2,6H2,1H3. The van der Waals surface area contributed by atoms with E-state index in [1.807, 2.05) is 6.92 Å². The van der Waals surface area contributed by atoms with Crippen LogP contribution < -0.4 is 0 Å². The Hall–Kier alpha value is 1.01. The average Bonchev–Trinajstić information content (AvgIpc) is 1.35. The monoisotopic (exact) mass is 144 g/mol. The van der Waals surface area contributed by atoms with Crippen LogP contribution in [0, 0.1) is 0 Å². The molecule has 6 heavy (non-hydrogen) atoms. The Kier molecular flexibility index (Phi) is 2.75. The Morgan fingerprint density at radius 3 is 1.83 bits per heavy atom. The Bertz CT molecular complexity index is 38.5. The van der Waals surface area contributed by atoms with Gasteiger partial charge in [0.25, 0.3) is 0 Å². The lowest BCUT2D eigenvalue weighted by molar-refractivity contribution is 0.987. The smallest absolute Gasteiger partial charge is 0.0988 e. The normalized spacial score (nSPS) is 12.0. The van der Waals surface area contributed by atoms with E-state index in [0.717, 1.165) is 6.42 Å². The zero-order chi connectivity index (χ0) is 5.21. The largest absolute Gasteiger partial charge is 0.130 e. The molecular weight excluding hydrogens is 138 g/mol. The van der Waals surface area contributed by atoms with Crippen molar-refractivity contribution in [2.45, 2.75) is 17.4 Å².